The maximum atomic E-state index is 12.9. The predicted molar refractivity (Wildman–Crippen MR) is 82.0 cm³/mol. The van der Waals surface area contributed by atoms with Gasteiger partial charge in [0.15, 0.2) is 0 Å². The zero-order valence-electron chi connectivity index (χ0n) is 12.0. The third-order valence-electron chi connectivity index (χ3n) is 3.86. The van der Waals surface area contributed by atoms with Crippen LogP contribution in [0.25, 0.3) is 0 Å². The van der Waals surface area contributed by atoms with Crippen LogP contribution in [0.1, 0.15) is 31.2 Å². The molecular formula is C16H20N2O2S. The quantitative estimate of drug-likeness (QED) is 0.840. The molecule has 0 bridgehead atoms. The Kier molecular flexibility index (Phi) is 4.03. The summed E-state index contributed by atoms with van der Waals surface area (Å²) in [5.74, 6) is 6.21. The van der Waals surface area contributed by atoms with E-state index in [4.69, 9.17) is 5.73 Å². The van der Waals surface area contributed by atoms with Gasteiger partial charge in [0.25, 0.3) is 0 Å². The Hall–Kier alpha value is -1.35. The molecule has 2 saturated carbocycles. The first-order valence-corrected chi connectivity index (χ1v) is 8.86. The summed E-state index contributed by atoms with van der Waals surface area (Å²) in [6.07, 6.45) is 4.28. The standard InChI is InChI=1S/C16H20N2O2S/c17-10-2-4-13-3-1-5-16(11-13)21(19,20)18(15-8-9-15)12-14-6-7-14/h1,3,5,11,14-15H,6-10,12,17H2. The molecule has 0 atom stereocenters. The summed E-state index contributed by atoms with van der Waals surface area (Å²) in [6.45, 7) is 0.943. The molecule has 0 heterocycles. The second-order valence-electron chi connectivity index (χ2n) is 5.78. The average molecular weight is 304 g/mol. The summed E-state index contributed by atoms with van der Waals surface area (Å²) in [7, 11) is -3.41. The molecule has 2 N–H and O–H groups in total. The van der Waals surface area contributed by atoms with Crippen molar-refractivity contribution in [2.24, 2.45) is 11.7 Å². The molecule has 1 aromatic carbocycles. The van der Waals surface area contributed by atoms with E-state index in [0.717, 1.165) is 25.7 Å². The molecular weight excluding hydrogens is 284 g/mol. The van der Waals surface area contributed by atoms with Crippen molar-refractivity contribution in [3.05, 3.63) is 29.8 Å². The molecule has 2 aliphatic rings. The average Bonchev–Trinajstić information content (AvgIpc) is 3.36. The van der Waals surface area contributed by atoms with Gasteiger partial charge in [-0.2, -0.15) is 4.31 Å². The summed E-state index contributed by atoms with van der Waals surface area (Å²) >= 11 is 0. The van der Waals surface area contributed by atoms with Crippen LogP contribution in [-0.2, 0) is 10.0 Å². The first-order valence-electron chi connectivity index (χ1n) is 7.42. The van der Waals surface area contributed by atoms with Gasteiger partial charge >= 0.3 is 0 Å². The van der Waals surface area contributed by atoms with Gasteiger partial charge in [0.2, 0.25) is 10.0 Å². The Labute approximate surface area is 126 Å². The van der Waals surface area contributed by atoms with Gasteiger partial charge < -0.3 is 5.73 Å². The van der Waals surface area contributed by atoms with Crippen LogP contribution in [0.15, 0.2) is 29.2 Å². The van der Waals surface area contributed by atoms with E-state index in [1.54, 1.807) is 22.5 Å². The number of rotatable bonds is 5. The molecule has 0 unspecified atom stereocenters. The number of benzene rings is 1. The van der Waals surface area contributed by atoms with Gasteiger partial charge in [-0.15, -0.1) is 0 Å². The zero-order valence-corrected chi connectivity index (χ0v) is 12.8. The van der Waals surface area contributed by atoms with E-state index in [9.17, 15) is 8.42 Å². The van der Waals surface area contributed by atoms with Crippen molar-refractivity contribution in [1.82, 2.24) is 4.31 Å². The summed E-state index contributed by atoms with van der Waals surface area (Å²) in [4.78, 5) is 0.346. The molecule has 2 aliphatic carbocycles. The number of nitrogens with zero attached hydrogens (tertiary/aromatic N) is 1. The highest BCUT2D eigenvalue weighted by Gasteiger charge is 2.41. The third-order valence-corrected chi connectivity index (χ3v) is 5.78. The van der Waals surface area contributed by atoms with Crippen LogP contribution in [0.5, 0.6) is 0 Å². The number of sulfonamides is 1. The molecule has 1 aromatic rings. The summed E-state index contributed by atoms with van der Waals surface area (Å²) in [5, 5.41) is 0. The zero-order chi connectivity index (χ0) is 14.9. The van der Waals surface area contributed by atoms with Gasteiger partial charge in [-0.05, 0) is 49.8 Å². The van der Waals surface area contributed by atoms with Gasteiger partial charge in [0, 0.05) is 18.2 Å². The van der Waals surface area contributed by atoms with Crippen LogP contribution in [0.4, 0.5) is 0 Å². The minimum Gasteiger partial charge on any atom is -0.320 e. The van der Waals surface area contributed by atoms with E-state index in [-0.39, 0.29) is 12.6 Å². The molecule has 0 radical (unpaired) electrons. The Balaban J connectivity index is 1.88. The summed E-state index contributed by atoms with van der Waals surface area (Å²) < 4.78 is 27.4. The highest BCUT2D eigenvalue weighted by Crippen LogP contribution is 2.38. The number of nitrogens with two attached hydrogens (primary N) is 1. The molecule has 0 aliphatic heterocycles. The van der Waals surface area contributed by atoms with Gasteiger partial charge in [-0.25, -0.2) is 8.42 Å². The predicted octanol–water partition coefficient (Wildman–Crippen LogP) is 1.56. The van der Waals surface area contributed by atoms with Crippen molar-refractivity contribution in [2.75, 3.05) is 13.1 Å². The van der Waals surface area contributed by atoms with Crippen molar-refractivity contribution < 1.29 is 8.42 Å². The molecule has 21 heavy (non-hydrogen) atoms. The lowest BCUT2D eigenvalue weighted by molar-refractivity contribution is 0.389. The van der Waals surface area contributed by atoms with Crippen LogP contribution in [0.3, 0.4) is 0 Å². The lowest BCUT2D eigenvalue weighted by Crippen LogP contribution is -2.34. The molecule has 112 valence electrons. The molecule has 0 spiro atoms. The van der Waals surface area contributed by atoms with E-state index >= 15 is 0 Å². The van der Waals surface area contributed by atoms with E-state index in [2.05, 4.69) is 11.8 Å². The van der Waals surface area contributed by atoms with Crippen molar-refractivity contribution in [2.45, 2.75) is 36.6 Å². The lowest BCUT2D eigenvalue weighted by Gasteiger charge is -2.21. The molecule has 0 aromatic heterocycles. The van der Waals surface area contributed by atoms with Crippen molar-refractivity contribution in [3.63, 3.8) is 0 Å². The first kappa shape index (κ1) is 14.6. The Bertz CT molecular complexity index is 680. The normalized spacial score (nSPS) is 18.4. The number of hydrogen-bond acceptors (Lipinski definition) is 3. The molecule has 5 heteroatoms. The molecule has 3 rings (SSSR count). The fraction of sp³-hybridized carbons (Fsp3) is 0.500. The van der Waals surface area contributed by atoms with E-state index in [1.165, 1.54) is 0 Å². The molecule has 0 saturated heterocycles. The highest BCUT2D eigenvalue weighted by atomic mass is 32.2. The van der Waals surface area contributed by atoms with Crippen LogP contribution in [0, 0.1) is 17.8 Å². The Morgan fingerprint density at radius 2 is 2.00 bits per heavy atom. The summed E-state index contributed by atoms with van der Waals surface area (Å²) in [5.41, 5.74) is 6.06. The van der Waals surface area contributed by atoms with Crippen molar-refractivity contribution >= 4 is 10.0 Å². The van der Waals surface area contributed by atoms with Gasteiger partial charge in [0.1, 0.15) is 0 Å². The van der Waals surface area contributed by atoms with Crippen LogP contribution in [0.2, 0.25) is 0 Å². The van der Waals surface area contributed by atoms with Crippen molar-refractivity contribution in [1.29, 1.82) is 0 Å². The lowest BCUT2D eigenvalue weighted by atomic mass is 10.2. The van der Waals surface area contributed by atoms with E-state index < -0.39 is 10.0 Å². The van der Waals surface area contributed by atoms with Crippen LogP contribution in [-0.4, -0.2) is 31.9 Å². The minimum absolute atomic E-state index is 0.203. The topological polar surface area (TPSA) is 63.4 Å². The summed E-state index contributed by atoms with van der Waals surface area (Å²) in [6, 6.07) is 7.07. The van der Waals surface area contributed by atoms with Gasteiger partial charge in [-0.3, -0.25) is 0 Å². The maximum absolute atomic E-state index is 12.9. The number of hydrogen-bond donors (Lipinski definition) is 1. The van der Waals surface area contributed by atoms with Gasteiger partial charge in [-0.1, -0.05) is 17.9 Å². The van der Waals surface area contributed by atoms with Crippen molar-refractivity contribution in [3.8, 4) is 11.8 Å². The van der Waals surface area contributed by atoms with E-state index in [1.807, 2.05) is 6.07 Å². The smallest absolute Gasteiger partial charge is 0.243 e. The Morgan fingerprint density at radius 1 is 1.24 bits per heavy atom. The second kappa shape index (κ2) is 5.80. The fourth-order valence-electron chi connectivity index (χ4n) is 2.38. The van der Waals surface area contributed by atoms with Crippen LogP contribution >= 0.6 is 0 Å². The van der Waals surface area contributed by atoms with Crippen LogP contribution < -0.4 is 5.73 Å². The van der Waals surface area contributed by atoms with Gasteiger partial charge in [0.05, 0.1) is 11.4 Å². The molecule has 0 amide bonds. The highest BCUT2D eigenvalue weighted by molar-refractivity contribution is 7.89. The SMILES string of the molecule is NCC#Cc1cccc(S(=O)(=O)N(CC2CC2)C2CC2)c1. The second-order valence-corrected chi connectivity index (χ2v) is 7.67. The fourth-order valence-corrected chi connectivity index (χ4v) is 4.19. The monoisotopic (exact) mass is 304 g/mol. The minimum atomic E-state index is -3.41. The maximum Gasteiger partial charge on any atom is 0.243 e. The molecule has 4 nitrogen and oxygen atoms in total. The Morgan fingerprint density at radius 3 is 2.62 bits per heavy atom. The largest absolute Gasteiger partial charge is 0.320 e. The first-order chi connectivity index (χ1) is 10.1. The third kappa shape index (κ3) is 3.46. The van der Waals surface area contributed by atoms with E-state index in [0.29, 0.717) is 22.9 Å². The molecule has 2 fully saturated rings.